The number of nitrogens with one attached hydrogen (secondary N) is 1. The van der Waals surface area contributed by atoms with Crippen molar-refractivity contribution in [3.8, 4) is 0 Å². The summed E-state index contributed by atoms with van der Waals surface area (Å²) in [5.41, 5.74) is 2.03. The van der Waals surface area contributed by atoms with E-state index in [1.54, 1.807) is 0 Å². The van der Waals surface area contributed by atoms with Gasteiger partial charge in [-0.3, -0.25) is 0 Å². The van der Waals surface area contributed by atoms with Crippen LogP contribution in [0, 0.1) is 0 Å². The number of imidazole rings is 1. The Balaban J connectivity index is 1.85. The van der Waals surface area contributed by atoms with Gasteiger partial charge in [0.1, 0.15) is 5.65 Å². The normalized spacial score (nSPS) is 11.1. The lowest BCUT2D eigenvalue weighted by Crippen LogP contribution is -2.15. The van der Waals surface area contributed by atoms with E-state index in [1.807, 2.05) is 35.0 Å². The summed E-state index contributed by atoms with van der Waals surface area (Å²) in [6.07, 6.45) is 5.90. The third kappa shape index (κ3) is 2.81. The fourth-order valence-corrected chi connectivity index (χ4v) is 1.65. The van der Waals surface area contributed by atoms with E-state index < -0.39 is 0 Å². The number of aliphatic hydroxyl groups excluding tert-OH is 1. The number of aromatic nitrogens is 2. The van der Waals surface area contributed by atoms with Crippen molar-refractivity contribution in [1.29, 1.82) is 0 Å². The number of hydrogen-bond acceptors (Lipinski definition) is 3. The number of fused-ring (bicyclic) bond motifs is 1. The summed E-state index contributed by atoms with van der Waals surface area (Å²) in [5.74, 6) is 0. The van der Waals surface area contributed by atoms with E-state index in [9.17, 15) is 0 Å². The molecule has 0 amide bonds. The van der Waals surface area contributed by atoms with Crippen LogP contribution < -0.4 is 5.32 Å². The van der Waals surface area contributed by atoms with Gasteiger partial charge >= 0.3 is 0 Å². The minimum absolute atomic E-state index is 0.274. The lowest BCUT2D eigenvalue weighted by atomic mass is 10.3. The van der Waals surface area contributed by atoms with E-state index in [0.717, 1.165) is 37.3 Å². The van der Waals surface area contributed by atoms with Gasteiger partial charge in [0.05, 0.1) is 5.69 Å². The minimum Gasteiger partial charge on any atom is -0.396 e. The summed E-state index contributed by atoms with van der Waals surface area (Å²) in [6.45, 7) is 1.98. The summed E-state index contributed by atoms with van der Waals surface area (Å²) in [5, 5.41) is 11.9. The Hall–Kier alpha value is -1.39. The lowest BCUT2D eigenvalue weighted by Gasteiger charge is -2.00. The number of pyridine rings is 1. The molecular weight excluding hydrogens is 202 g/mol. The second-order valence-electron chi connectivity index (χ2n) is 3.81. The topological polar surface area (TPSA) is 49.6 Å². The monoisotopic (exact) mass is 219 g/mol. The Labute approximate surface area is 94.9 Å². The van der Waals surface area contributed by atoms with Crippen molar-refractivity contribution in [3.05, 3.63) is 36.3 Å². The van der Waals surface area contributed by atoms with E-state index in [4.69, 9.17) is 5.11 Å². The summed E-state index contributed by atoms with van der Waals surface area (Å²) < 4.78 is 2.02. The molecule has 0 saturated carbocycles. The molecular formula is C12H17N3O. The van der Waals surface area contributed by atoms with Crippen molar-refractivity contribution < 1.29 is 5.11 Å². The molecule has 16 heavy (non-hydrogen) atoms. The van der Waals surface area contributed by atoms with Gasteiger partial charge in [-0.25, -0.2) is 4.98 Å². The first-order valence-electron chi connectivity index (χ1n) is 5.64. The molecule has 0 saturated heterocycles. The van der Waals surface area contributed by atoms with E-state index in [2.05, 4.69) is 10.3 Å². The molecule has 2 rings (SSSR count). The molecule has 2 aromatic heterocycles. The van der Waals surface area contributed by atoms with Gasteiger partial charge in [-0.2, -0.15) is 0 Å². The van der Waals surface area contributed by atoms with Crippen molar-refractivity contribution in [3.63, 3.8) is 0 Å². The molecule has 0 aromatic carbocycles. The first-order chi connectivity index (χ1) is 7.90. The summed E-state index contributed by atoms with van der Waals surface area (Å²) >= 11 is 0. The molecule has 2 N–H and O–H groups in total. The van der Waals surface area contributed by atoms with Crippen molar-refractivity contribution in [1.82, 2.24) is 14.7 Å². The zero-order valence-electron chi connectivity index (χ0n) is 9.26. The highest BCUT2D eigenvalue weighted by Crippen LogP contribution is 2.03. The number of nitrogens with zero attached hydrogens (tertiary/aromatic N) is 2. The molecule has 86 valence electrons. The maximum Gasteiger partial charge on any atom is 0.137 e. The van der Waals surface area contributed by atoms with Gasteiger partial charge in [0, 0.05) is 25.5 Å². The standard InChI is InChI=1S/C12H17N3O/c16-8-4-2-6-13-9-11-10-15-7-3-1-5-12(15)14-11/h1,3,5,7,10,13,16H,2,4,6,8-9H2. The van der Waals surface area contributed by atoms with Crippen molar-refractivity contribution >= 4 is 5.65 Å². The Bertz CT molecular complexity index is 406. The van der Waals surface area contributed by atoms with Gasteiger partial charge in [0.15, 0.2) is 0 Å². The second kappa shape index (κ2) is 5.63. The van der Waals surface area contributed by atoms with Gasteiger partial charge in [-0.15, -0.1) is 0 Å². The first kappa shape index (κ1) is 11.1. The highest BCUT2D eigenvalue weighted by Gasteiger charge is 1.99. The van der Waals surface area contributed by atoms with Crippen molar-refractivity contribution in [2.24, 2.45) is 0 Å². The largest absolute Gasteiger partial charge is 0.396 e. The second-order valence-corrected chi connectivity index (χ2v) is 3.81. The Morgan fingerprint density at radius 1 is 1.31 bits per heavy atom. The fraction of sp³-hybridized carbons (Fsp3) is 0.417. The summed E-state index contributed by atoms with van der Waals surface area (Å²) in [6, 6.07) is 5.98. The van der Waals surface area contributed by atoms with Crippen LogP contribution in [0.5, 0.6) is 0 Å². The molecule has 2 aromatic rings. The van der Waals surface area contributed by atoms with Crippen LogP contribution >= 0.6 is 0 Å². The predicted molar refractivity (Wildman–Crippen MR) is 63.2 cm³/mol. The maximum absolute atomic E-state index is 8.63. The molecule has 0 bridgehead atoms. The summed E-state index contributed by atoms with van der Waals surface area (Å²) in [7, 11) is 0. The quantitative estimate of drug-likeness (QED) is 0.718. The average molecular weight is 219 g/mol. The van der Waals surface area contributed by atoms with Crippen LogP contribution in [-0.2, 0) is 6.54 Å². The molecule has 0 fully saturated rings. The van der Waals surface area contributed by atoms with Crippen LogP contribution in [0.4, 0.5) is 0 Å². The molecule has 0 spiro atoms. The van der Waals surface area contributed by atoms with Gasteiger partial charge in [0.2, 0.25) is 0 Å². The first-order valence-corrected chi connectivity index (χ1v) is 5.64. The SMILES string of the molecule is OCCCCNCc1cn2ccccc2n1. The third-order valence-electron chi connectivity index (χ3n) is 2.48. The zero-order chi connectivity index (χ0) is 11.2. The number of unbranched alkanes of at least 4 members (excludes halogenated alkanes) is 1. The Morgan fingerprint density at radius 3 is 3.06 bits per heavy atom. The highest BCUT2D eigenvalue weighted by atomic mass is 16.2. The highest BCUT2D eigenvalue weighted by molar-refractivity contribution is 5.39. The molecule has 0 radical (unpaired) electrons. The molecule has 0 aliphatic heterocycles. The van der Waals surface area contributed by atoms with Crippen LogP contribution in [0.15, 0.2) is 30.6 Å². The average Bonchev–Trinajstić information content (AvgIpc) is 2.71. The van der Waals surface area contributed by atoms with Crippen LogP contribution in [0.25, 0.3) is 5.65 Å². The minimum atomic E-state index is 0.274. The summed E-state index contributed by atoms with van der Waals surface area (Å²) in [4.78, 5) is 4.48. The zero-order valence-corrected chi connectivity index (χ0v) is 9.26. The predicted octanol–water partition coefficient (Wildman–Crippen LogP) is 1.20. The molecule has 2 heterocycles. The van der Waals surface area contributed by atoms with Crippen LogP contribution in [0.2, 0.25) is 0 Å². The van der Waals surface area contributed by atoms with E-state index in [-0.39, 0.29) is 6.61 Å². The molecule has 0 atom stereocenters. The number of hydrogen-bond donors (Lipinski definition) is 2. The van der Waals surface area contributed by atoms with E-state index >= 15 is 0 Å². The van der Waals surface area contributed by atoms with Crippen LogP contribution in [0.3, 0.4) is 0 Å². The number of aliphatic hydroxyl groups is 1. The fourth-order valence-electron chi connectivity index (χ4n) is 1.65. The lowest BCUT2D eigenvalue weighted by molar-refractivity contribution is 0.283. The molecule has 0 aliphatic rings. The third-order valence-corrected chi connectivity index (χ3v) is 2.48. The van der Waals surface area contributed by atoms with Gasteiger partial charge in [-0.1, -0.05) is 6.07 Å². The molecule has 0 aliphatic carbocycles. The molecule has 4 heteroatoms. The van der Waals surface area contributed by atoms with Gasteiger partial charge in [-0.05, 0) is 31.5 Å². The smallest absolute Gasteiger partial charge is 0.137 e. The van der Waals surface area contributed by atoms with Crippen molar-refractivity contribution in [2.45, 2.75) is 19.4 Å². The maximum atomic E-state index is 8.63. The Kier molecular flexibility index (Phi) is 3.91. The van der Waals surface area contributed by atoms with E-state index in [0.29, 0.717) is 0 Å². The Morgan fingerprint density at radius 2 is 2.25 bits per heavy atom. The van der Waals surface area contributed by atoms with E-state index in [1.165, 1.54) is 0 Å². The molecule has 0 unspecified atom stereocenters. The van der Waals surface area contributed by atoms with Crippen LogP contribution in [-0.4, -0.2) is 27.6 Å². The van der Waals surface area contributed by atoms with Gasteiger partial charge < -0.3 is 14.8 Å². The van der Waals surface area contributed by atoms with Gasteiger partial charge in [0.25, 0.3) is 0 Å². The van der Waals surface area contributed by atoms with Crippen LogP contribution in [0.1, 0.15) is 18.5 Å². The van der Waals surface area contributed by atoms with Crippen molar-refractivity contribution in [2.75, 3.05) is 13.2 Å². The number of rotatable bonds is 6. The molecule has 4 nitrogen and oxygen atoms in total.